The van der Waals surface area contributed by atoms with Crippen molar-refractivity contribution in [3.05, 3.63) is 0 Å². The molecule has 0 radical (unpaired) electrons. The molecule has 21 heavy (non-hydrogen) atoms. The second kappa shape index (κ2) is 8.59. The SMILES string of the molecule is CC(=O)N1CCC(CNC(=O)C[C@@H]2CCC[C@H]2N)CC1.Cl. The largest absolute Gasteiger partial charge is 0.356 e. The molecule has 5 nitrogen and oxygen atoms in total. The number of carbonyl (C=O) groups excluding carboxylic acids is 2. The highest BCUT2D eigenvalue weighted by molar-refractivity contribution is 5.85. The number of hydrogen-bond acceptors (Lipinski definition) is 3. The van der Waals surface area contributed by atoms with Gasteiger partial charge < -0.3 is 16.0 Å². The van der Waals surface area contributed by atoms with E-state index in [1.54, 1.807) is 6.92 Å². The molecule has 2 rings (SSSR count). The zero-order chi connectivity index (χ0) is 14.5. The van der Waals surface area contributed by atoms with Crippen molar-refractivity contribution in [3.8, 4) is 0 Å². The molecule has 0 bridgehead atoms. The monoisotopic (exact) mass is 317 g/mol. The highest BCUT2D eigenvalue weighted by Crippen LogP contribution is 2.26. The van der Waals surface area contributed by atoms with Gasteiger partial charge in [-0.15, -0.1) is 12.4 Å². The third kappa shape index (κ3) is 5.47. The summed E-state index contributed by atoms with van der Waals surface area (Å²) in [4.78, 5) is 25.1. The Balaban J connectivity index is 0.00000220. The van der Waals surface area contributed by atoms with E-state index < -0.39 is 0 Å². The molecule has 0 aromatic rings. The molecule has 1 aliphatic carbocycles. The fourth-order valence-corrected chi connectivity index (χ4v) is 3.34. The first-order valence-electron chi connectivity index (χ1n) is 7.84. The number of halogens is 1. The van der Waals surface area contributed by atoms with Crippen LogP contribution in [0.4, 0.5) is 0 Å². The van der Waals surface area contributed by atoms with Gasteiger partial charge in [0.2, 0.25) is 11.8 Å². The molecule has 3 N–H and O–H groups in total. The lowest BCUT2D eigenvalue weighted by molar-refractivity contribution is -0.130. The van der Waals surface area contributed by atoms with Gasteiger partial charge in [0, 0.05) is 39.0 Å². The van der Waals surface area contributed by atoms with Gasteiger partial charge >= 0.3 is 0 Å². The first kappa shape index (κ1) is 18.2. The Kier molecular flexibility index (Phi) is 7.46. The number of nitrogens with two attached hydrogens (primary N) is 1. The summed E-state index contributed by atoms with van der Waals surface area (Å²) in [6.07, 6.45) is 5.86. The molecule has 0 aromatic heterocycles. The Hall–Kier alpha value is -0.810. The molecule has 0 spiro atoms. The maximum absolute atomic E-state index is 11.9. The van der Waals surface area contributed by atoms with Crippen LogP contribution in [0.3, 0.4) is 0 Å². The van der Waals surface area contributed by atoms with Crippen molar-refractivity contribution in [1.82, 2.24) is 10.2 Å². The molecule has 1 aliphatic heterocycles. The van der Waals surface area contributed by atoms with Crippen molar-refractivity contribution < 1.29 is 9.59 Å². The van der Waals surface area contributed by atoms with E-state index in [1.807, 2.05) is 4.90 Å². The van der Waals surface area contributed by atoms with Gasteiger partial charge in [0.25, 0.3) is 0 Å². The van der Waals surface area contributed by atoms with E-state index in [2.05, 4.69) is 5.32 Å². The molecule has 1 heterocycles. The number of nitrogens with one attached hydrogen (secondary N) is 1. The second-order valence-corrected chi connectivity index (χ2v) is 6.31. The summed E-state index contributed by atoms with van der Waals surface area (Å²) in [7, 11) is 0. The van der Waals surface area contributed by atoms with E-state index in [0.29, 0.717) is 18.3 Å². The average Bonchev–Trinajstić information content (AvgIpc) is 2.82. The van der Waals surface area contributed by atoms with Crippen molar-refractivity contribution >= 4 is 24.2 Å². The minimum Gasteiger partial charge on any atom is -0.356 e. The van der Waals surface area contributed by atoms with E-state index in [0.717, 1.165) is 51.7 Å². The highest BCUT2D eigenvalue weighted by atomic mass is 35.5. The number of likely N-dealkylation sites (tertiary alicyclic amines) is 1. The molecular weight excluding hydrogens is 290 g/mol. The van der Waals surface area contributed by atoms with Crippen LogP contribution in [0.25, 0.3) is 0 Å². The summed E-state index contributed by atoms with van der Waals surface area (Å²) >= 11 is 0. The fourth-order valence-electron chi connectivity index (χ4n) is 3.34. The number of amides is 2. The lowest BCUT2D eigenvalue weighted by atomic mass is 9.96. The highest BCUT2D eigenvalue weighted by Gasteiger charge is 2.26. The quantitative estimate of drug-likeness (QED) is 0.820. The van der Waals surface area contributed by atoms with Gasteiger partial charge in [0.15, 0.2) is 0 Å². The van der Waals surface area contributed by atoms with Crippen molar-refractivity contribution in [2.75, 3.05) is 19.6 Å². The van der Waals surface area contributed by atoms with Crippen molar-refractivity contribution in [2.45, 2.75) is 51.5 Å². The number of carbonyl (C=O) groups is 2. The lowest BCUT2D eigenvalue weighted by Gasteiger charge is -2.31. The van der Waals surface area contributed by atoms with E-state index >= 15 is 0 Å². The van der Waals surface area contributed by atoms with Crippen LogP contribution in [0.2, 0.25) is 0 Å². The van der Waals surface area contributed by atoms with Gasteiger partial charge in [-0.25, -0.2) is 0 Å². The number of nitrogens with zero attached hydrogens (tertiary/aromatic N) is 1. The van der Waals surface area contributed by atoms with E-state index in [4.69, 9.17) is 5.73 Å². The molecule has 122 valence electrons. The van der Waals surface area contributed by atoms with Crippen molar-refractivity contribution in [1.29, 1.82) is 0 Å². The molecule has 1 saturated carbocycles. The van der Waals surface area contributed by atoms with Crippen LogP contribution < -0.4 is 11.1 Å². The fraction of sp³-hybridized carbons (Fsp3) is 0.867. The topological polar surface area (TPSA) is 75.4 Å². The van der Waals surface area contributed by atoms with Crippen LogP contribution >= 0.6 is 12.4 Å². The zero-order valence-corrected chi connectivity index (χ0v) is 13.7. The molecule has 2 amide bonds. The molecule has 1 saturated heterocycles. The molecule has 0 unspecified atom stereocenters. The van der Waals surface area contributed by atoms with Crippen LogP contribution in [0.1, 0.15) is 45.4 Å². The molecule has 2 atom stereocenters. The second-order valence-electron chi connectivity index (χ2n) is 6.31. The van der Waals surface area contributed by atoms with Gasteiger partial charge in [-0.05, 0) is 37.5 Å². The van der Waals surface area contributed by atoms with Gasteiger partial charge in [-0.3, -0.25) is 9.59 Å². The Labute approximate surface area is 133 Å². The average molecular weight is 318 g/mol. The third-order valence-corrected chi connectivity index (χ3v) is 4.81. The summed E-state index contributed by atoms with van der Waals surface area (Å²) < 4.78 is 0. The van der Waals surface area contributed by atoms with E-state index in [-0.39, 0.29) is 30.3 Å². The number of rotatable bonds is 4. The Morgan fingerprint density at radius 1 is 1.19 bits per heavy atom. The van der Waals surface area contributed by atoms with Gasteiger partial charge in [-0.1, -0.05) is 6.42 Å². The summed E-state index contributed by atoms with van der Waals surface area (Å²) in [5.41, 5.74) is 5.99. The molecule has 2 fully saturated rings. The maximum Gasteiger partial charge on any atom is 0.220 e. The third-order valence-electron chi connectivity index (χ3n) is 4.81. The summed E-state index contributed by atoms with van der Waals surface area (Å²) in [6.45, 7) is 4.01. The minimum absolute atomic E-state index is 0. The molecule has 0 aromatic carbocycles. The predicted octanol–water partition coefficient (Wildman–Crippen LogP) is 1.30. The summed E-state index contributed by atoms with van der Waals surface area (Å²) in [6, 6.07) is 0.208. The minimum atomic E-state index is 0. The zero-order valence-electron chi connectivity index (χ0n) is 12.8. The van der Waals surface area contributed by atoms with Crippen LogP contribution in [0, 0.1) is 11.8 Å². The standard InChI is InChI=1S/C15H27N3O2.ClH/c1-11(19)18-7-5-12(6-8-18)10-17-15(20)9-13-3-2-4-14(13)16;/h12-14H,2-10,16H2,1H3,(H,17,20);1H/t13-,14+;/m0./s1. The van der Waals surface area contributed by atoms with Crippen LogP contribution in [-0.4, -0.2) is 42.4 Å². The maximum atomic E-state index is 11.9. The van der Waals surface area contributed by atoms with Gasteiger partial charge in [0.1, 0.15) is 0 Å². The number of hydrogen-bond donors (Lipinski definition) is 2. The van der Waals surface area contributed by atoms with Crippen LogP contribution in [-0.2, 0) is 9.59 Å². The first-order valence-corrected chi connectivity index (χ1v) is 7.84. The van der Waals surface area contributed by atoms with E-state index in [9.17, 15) is 9.59 Å². The van der Waals surface area contributed by atoms with Crippen molar-refractivity contribution in [3.63, 3.8) is 0 Å². The predicted molar refractivity (Wildman–Crippen MR) is 85.2 cm³/mol. The van der Waals surface area contributed by atoms with Gasteiger partial charge in [0.05, 0.1) is 0 Å². The first-order chi connectivity index (χ1) is 9.56. The van der Waals surface area contributed by atoms with Crippen LogP contribution in [0.15, 0.2) is 0 Å². The van der Waals surface area contributed by atoms with E-state index in [1.165, 1.54) is 0 Å². The molecular formula is C15H28ClN3O2. The summed E-state index contributed by atoms with van der Waals surface area (Å²) in [5.74, 6) is 1.17. The Morgan fingerprint density at radius 2 is 1.86 bits per heavy atom. The van der Waals surface area contributed by atoms with Gasteiger partial charge in [-0.2, -0.15) is 0 Å². The molecule has 6 heteroatoms. The van der Waals surface area contributed by atoms with Crippen LogP contribution in [0.5, 0.6) is 0 Å². The Bertz CT molecular complexity index is 357. The Morgan fingerprint density at radius 3 is 2.38 bits per heavy atom. The normalized spacial score (nSPS) is 26.3. The molecule has 2 aliphatic rings. The van der Waals surface area contributed by atoms with Crippen molar-refractivity contribution in [2.24, 2.45) is 17.6 Å². The number of piperidine rings is 1. The smallest absolute Gasteiger partial charge is 0.220 e. The lowest BCUT2D eigenvalue weighted by Crippen LogP contribution is -2.41. The summed E-state index contributed by atoms with van der Waals surface area (Å²) in [5, 5.41) is 3.05.